The van der Waals surface area contributed by atoms with Crippen LogP contribution in [-0.4, -0.2) is 22.3 Å². The highest BCUT2D eigenvalue weighted by molar-refractivity contribution is 8.26. The summed E-state index contributed by atoms with van der Waals surface area (Å²) in [5, 5.41) is 12.7. The van der Waals surface area contributed by atoms with E-state index in [9.17, 15) is 10.1 Å². The molecule has 1 amide bonds. The van der Waals surface area contributed by atoms with E-state index < -0.39 is 0 Å². The van der Waals surface area contributed by atoms with Gasteiger partial charge in [0.15, 0.2) is 0 Å². The average molecular weight is 393 g/mol. The van der Waals surface area contributed by atoms with Gasteiger partial charge in [-0.25, -0.2) is 0 Å². The number of nitrogens with zero attached hydrogens (tertiary/aromatic N) is 2. The second kappa shape index (κ2) is 6.87. The summed E-state index contributed by atoms with van der Waals surface area (Å²) >= 11 is 6.19. The Labute approximate surface area is 163 Å². The average Bonchev–Trinajstić information content (AvgIpc) is 3.22. The summed E-state index contributed by atoms with van der Waals surface area (Å²) in [6.07, 6.45) is 5.02. The van der Waals surface area contributed by atoms with Gasteiger partial charge in [-0.1, -0.05) is 30.0 Å². The van der Waals surface area contributed by atoms with Gasteiger partial charge in [0.2, 0.25) is 0 Å². The Morgan fingerprint density at radius 3 is 2.93 bits per heavy atom. The largest absolute Gasteiger partial charge is 0.495 e. The van der Waals surface area contributed by atoms with Crippen molar-refractivity contribution < 1.29 is 13.9 Å². The van der Waals surface area contributed by atoms with E-state index in [2.05, 4.69) is 16.4 Å². The second-order valence-corrected chi connectivity index (χ2v) is 7.35. The third kappa shape index (κ3) is 3.18. The summed E-state index contributed by atoms with van der Waals surface area (Å²) in [6.45, 7) is 0. The molecule has 27 heavy (non-hydrogen) atoms. The summed E-state index contributed by atoms with van der Waals surface area (Å²) in [5.41, 5.74) is 2.58. The number of aromatic nitrogens is 1. The summed E-state index contributed by atoms with van der Waals surface area (Å²) < 4.78 is 11.6. The number of ether oxygens (including phenoxy) is 1. The minimum atomic E-state index is -0.238. The molecule has 0 spiro atoms. The van der Waals surface area contributed by atoms with Crippen LogP contribution < -0.4 is 10.1 Å². The van der Waals surface area contributed by atoms with E-state index in [1.807, 2.05) is 12.1 Å². The number of methoxy groups -OCH3 is 1. The van der Waals surface area contributed by atoms with Gasteiger partial charge in [-0.2, -0.15) is 5.26 Å². The summed E-state index contributed by atoms with van der Waals surface area (Å²) in [4.78, 5) is 16.6. The van der Waals surface area contributed by atoms with Crippen molar-refractivity contribution in [2.24, 2.45) is 0 Å². The van der Waals surface area contributed by atoms with Crippen LogP contribution in [0.3, 0.4) is 0 Å². The van der Waals surface area contributed by atoms with E-state index in [1.165, 1.54) is 18.9 Å². The molecule has 0 radical (unpaired) electrons. The number of nitriles is 1. The lowest BCUT2D eigenvalue weighted by Gasteiger charge is -2.06. The number of nitrogens with one attached hydrogen (secondary N) is 1. The lowest BCUT2D eigenvalue weighted by molar-refractivity contribution is -0.115. The number of carbonyl (C=O) groups is 1. The van der Waals surface area contributed by atoms with Gasteiger partial charge in [0, 0.05) is 29.4 Å². The molecule has 0 atom stereocenters. The zero-order valence-corrected chi connectivity index (χ0v) is 15.6. The standard InChI is InChI=1S/C19H11N3O3S2/c1-24-15-3-2-10(4-11(15)7-20)14-9-21-8-12-5-13(25-17(12)14)6-16-18(23)22-19(26)27-16/h2-6,8-9H,1H3,(H,22,23,26)/b16-6+. The Hall–Kier alpha value is -3.15. The van der Waals surface area contributed by atoms with Gasteiger partial charge < -0.3 is 14.5 Å². The summed E-state index contributed by atoms with van der Waals surface area (Å²) in [7, 11) is 1.52. The summed E-state index contributed by atoms with van der Waals surface area (Å²) in [6, 6.07) is 9.24. The minimum Gasteiger partial charge on any atom is -0.495 e. The first-order valence-electron chi connectivity index (χ1n) is 7.80. The number of pyridine rings is 1. The van der Waals surface area contributed by atoms with E-state index >= 15 is 0 Å². The number of benzene rings is 1. The van der Waals surface area contributed by atoms with Crippen molar-refractivity contribution in [3.8, 4) is 22.9 Å². The van der Waals surface area contributed by atoms with Crippen molar-refractivity contribution in [2.75, 3.05) is 7.11 Å². The number of thiocarbonyl (C=S) groups is 1. The number of carbonyl (C=O) groups excluding carboxylic acids is 1. The number of hydrogen-bond donors (Lipinski definition) is 1. The molecule has 4 rings (SSSR count). The smallest absolute Gasteiger partial charge is 0.263 e. The molecule has 1 fully saturated rings. The van der Waals surface area contributed by atoms with E-state index in [0.717, 1.165) is 16.5 Å². The molecule has 0 saturated carbocycles. The SMILES string of the molecule is COc1ccc(-c2cncc3cc(/C=C4/SC(=S)NC4=O)oc23)cc1C#N. The van der Waals surface area contributed by atoms with Crippen molar-refractivity contribution in [1.29, 1.82) is 5.26 Å². The quantitative estimate of drug-likeness (QED) is 0.534. The van der Waals surface area contributed by atoms with Gasteiger partial charge in [-0.3, -0.25) is 9.78 Å². The van der Waals surface area contributed by atoms with Crippen LogP contribution >= 0.6 is 24.0 Å². The van der Waals surface area contributed by atoms with Crippen molar-refractivity contribution in [3.63, 3.8) is 0 Å². The van der Waals surface area contributed by atoms with Crippen LogP contribution in [0.25, 0.3) is 28.2 Å². The Morgan fingerprint density at radius 1 is 1.37 bits per heavy atom. The van der Waals surface area contributed by atoms with Gasteiger partial charge in [0.05, 0.1) is 17.6 Å². The van der Waals surface area contributed by atoms with Gasteiger partial charge in [0.1, 0.15) is 27.5 Å². The molecular formula is C19H11N3O3S2. The fourth-order valence-corrected chi connectivity index (χ4v) is 3.80. The summed E-state index contributed by atoms with van der Waals surface area (Å²) in [5.74, 6) is 0.791. The highest BCUT2D eigenvalue weighted by Crippen LogP contribution is 2.34. The van der Waals surface area contributed by atoms with E-state index in [4.69, 9.17) is 21.4 Å². The van der Waals surface area contributed by atoms with Crippen LogP contribution in [0.4, 0.5) is 0 Å². The van der Waals surface area contributed by atoms with Gasteiger partial charge >= 0.3 is 0 Å². The van der Waals surface area contributed by atoms with E-state index in [0.29, 0.717) is 31.9 Å². The van der Waals surface area contributed by atoms with Crippen LogP contribution in [0.5, 0.6) is 5.75 Å². The maximum atomic E-state index is 11.8. The lowest BCUT2D eigenvalue weighted by atomic mass is 10.0. The van der Waals surface area contributed by atoms with Crippen LogP contribution in [-0.2, 0) is 4.79 Å². The molecule has 1 aliphatic heterocycles. The van der Waals surface area contributed by atoms with Gasteiger partial charge in [-0.05, 0) is 23.8 Å². The molecule has 2 aromatic heterocycles. The van der Waals surface area contributed by atoms with Crippen molar-refractivity contribution >= 4 is 51.3 Å². The fraction of sp³-hybridized carbons (Fsp3) is 0.0526. The molecule has 0 bridgehead atoms. The van der Waals surface area contributed by atoms with Gasteiger partial charge in [-0.15, -0.1) is 0 Å². The predicted molar refractivity (Wildman–Crippen MR) is 107 cm³/mol. The third-order valence-corrected chi connectivity index (χ3v) is 5.15. The van der Waals surface area contributed by atoms with Crippen molar-refractivity contribution in [1.82, 2.24) is 10.3 Å². The molecule has 1 N–H and O–H groups in total. The van der Waals surface area contributed by atoms with Gasteiger partial charge in [0.25, 0.3) is 5.91 Å². The predicted octanol–water partition coefficient (Wildman–Crippen LogP) is 3.86. The van der Waals surface area contributed by atoms with Crippen LogP contribution in [0.1, 0.15) is 11.3 Å². The minimum absolute atomic E-state index is 0.238. The number of amides is 1. The zero-order chi connectivity index (χ0) is 19.0. The maximum absolute atomic E-state index is 11.8. The Balaban J connectivity index is 1.81. The molecule has 0 unspecified atom stereocenters. The number of hydrogen-bond acceptors (Lipinski definition) is 7. The van der Waals surface area contributed by atoms with Crippen molar-refractivity contribution in [3.05, 3.63) is 52.9 Å². The van der Waals surface area contributed by atoms with Crippen LogP contribution in [0.2, 0.25) is 0 Å². The van der Waals surface area contributed by atoms with Crippen LogP contribution in [0, 0.1) is 11.3 Å². The van der Waals surface area contributed by atoms with Crippen molar-refractivity contribution in [2.45, 2.75) is 0 Å². The van der Waals surface area contributed by atoms with E-state index in [1.54, 1.807) is 30.6 Å². The molecule has 1 saturated heterocycles. The maximum Gasteiger partial charge on any atom is 0.263 e. The Morgan fingerprint density at radius 2 is 2.22 bits per heavy atom. The number of rotatable bonds is 3. The molecule has 1 aliphatic rings. The zero-order valence-electron chi connectivity index (χ0n) is 14.0. The molecule has 0 aliphatic carbocycles. The number of thioether (sulfide) groups is 1. The first-order chi connectivity index (χ1) is 13.1. The normalized spacial score (nSPS) is 15.2. The van der Waals surface area contributed by atoms with E-state index in [-0.39, 0.29) is 5.91 Å². The Bertz CT molecular complexity index is 1170. The Kier molecular flexibility index (Phi) is 4.39. The highest BCUT2D eigenvalue weighted by Gasteiger charge is 2.23. The molecular weight excluding hydrogens is 382 g/mol. The molecule has 6 nitrogen and oxygen atoms in total. The molecule has 132 valence electrons. The number of furan rings is 1. The third-order valence-electron chi connectivity index (χ3n) is 3.99. The molecule has 3 heterocycles. The monoisotopic (exact) mass is 393 g/mol. The second-order valence-electron chi connectivity index (χ2n) is 5.63. The fourth-order valence-electron chi connectivity index (χ4n) is 2.77. The first kappa shape index (κ1) is 17.3. The molecule has 8 heteroatoms. The topological polar surface area (TPSA) is 88.2 Å². The molecule has 3 aromatic rings. The lowest BCUT2D eigenvalue weighted by Crippen LogP contribution is -2.17. The number of fused-ring (bicyclic) bond motifs is 1. The highest BCUT2D eigenvalue weighted by atomic mass is 32.2. The molecule has 1 aromatic carbocycles. The van der Waals surface area contributed by atoms with Crippen LogP contribution in [0.15, 0.2) is 46.0 Å². The first-order valence-corrected chi connectivity index (χ1v) is 9.02.